The molecule has 0 saturated carbocycles. The van der Waals surface area contributed by atoms with Crippen molar-refractivity contribution >= 4 is 17.5 Å². The summed E-state index contributed by atoms with van der Waals surface area (Å²) in [4.78, 5) is 32.9. The maximum absolute atomic E-state index is 12.0. The van der Waals surface area contributed by atoms with Crippen LogP contribution in [0.1, 0.15) is 18.4 Å². The molecule has 0 aliphatic carbocycles. The number of rotatable bonds is 4. The van der Waals surface area contributed by atoms with E-state index in [1.54, 1.807) is 6.92 Å². The lowest BCUT2D eigenvalue weighted by molar-refractivity contribution is -0.128. The van der Waals surface area contributed by atoms with Gasteiger partial charge in [0.25, 0.3) is 5.91 Å². The van der Waals surface area contributed by atoms with Gasteiger partial charge in [0, 0.05) is 13.0 Å². The number of hydrogen-bond donors (Lipinski definition) is 2. The van der Waals surface area contributed by atoms with Crippen molar-refractivity contribution in [3.8, 4) is 5.75 Å². The molecular formula is C12H16N4O4. The van der Waals surface area contributed by atoms with Gasteiger partial charge < -0.3 is 9.84 Å². The monoisotopic (exact) mass is 280 g/mol. The highest BCUT2D eigenvalue weighted by molar-refractivity contribution is 6.02. The van der Waals surface area contributed by atoms with E-state index in [1.807, 2.05) is 0 Å². The van der Waals surface area contributed by atoms with Crippen LogP contribution in [0.5, 0.6) is 5.75 Å². The maximum atomic E-state index is 12.0. The highest BCUT2D eigenvalue weighted by Crippen LogP contribution is 2.34. The number of carbonyl (C=O) groups is 2. The average Bonchev–Trinajstić information content (AvgIpc) is 2.36. The van der Waals surface area contributed by atoms with Gasteiger partial charge in [-0.2, -0.15) is 0 Å². The van der Waals surface area contributed by atoms with Gasteiger partial charge in [0.2, 0.25) is 6.23 Å². The number of aryl methyl sites for hydroxylation is 1. The summed E-state index contributed by atoms with van der Waals surface area (Å²) in [6.07, 6.45) is -0.953. The van der Waals surface area contributed by atoms with E-state index in [2.05, 4.69) is 9.97 Å². The largest absolute Gasteiger partial charge is 0.460 e. The Balaban J connectivity index is 2.54. The molecule has 0 bridgehead atoms. The summed E-state index contributed by atoms with van der Waals surface area (Å²) in [7, 11) is 0. The second-order valence-corrected chi connectivity index (χ2v) is 4.51. The van der Waals surface area contributed by atoms with E-state index >= 15 is 0 Å². The fraction of sp³-hybridized carbons (Fsp3) is 0.500. The summed E-state index contributed by atoms with van der Waals surface area (Å²) in [5.74, 6) is 0.174. The topological polar surface area (TPSA) is 119 Å². The van der Waals surface area contributed by atoms with Crippen molar-refractivity contribution in [2.45, 2.75) is 26.5 Å². The van der Waals surface area contributed by atoms with Crippen molar-refractivity contribution in [1.29, 1.82) is 0 Å². The Morgan fingerprint density at radius 1 is 1.50 bits per heavy atom. The van der Waals surface area contributed by atoms with E-state index in [9.17, 15) is 9.59 Å². The first-order valence-electron chi connectivity index (χ1n) is 6.15. The molecule has 1 amide bonds. The molecule has 2 rings (SSSR count). The van der Waals surface area contributed by atoms with Crippen LogP contribution in [0.4, 0.5) is 5.82 Å². The van der Waals surface area contributed by atoms with Crippen molar-refractivity contribution < 1.29 is 19.4 Å². The molecule has 2 heterocycles. The molecule has 8 nitrogen and oxygen atoms in total. The van der Waals surface area contributed by atoms with Gasteiger partial charge in [0.05, 0.1) is 12.2 Å². The molecule has 0 fully saturated rings. The van der Waals surface area contributed by atoms with Crippen molar-refractivity contribution in [2.24, 2.45) is 5.73 Å². The Kier molecular flexibility index (Phi) is 3.96. The number of aliphatic hydroxyl groups excluding tert-OH is 1. The van der Waals surface area contributed by atoms with Crippen LogP contribution in [0, 0.1) is 6.92 Å². The van der Waals surface area contributed by atoms with Gasteiger partial charge in [-0.3, -0.25) is 20.2 Å². The van der Waals surface area contributed by atoms with Gasteiger partial charge in [-0.15, -0.1) is 0 Å². The fourth-order valence-electron chi connectivity index (χ4n) is 1.99. The first kappa shape index (κ1) is 14.4. The SMILES string of the molecule is CC(=O)CN1C(=O)C(N)Oc2c(CCO)nc(C)nc21. The fourth-order valence-corrected chi connectivity index (χ4v) is 1.99. The molecule has 0 radical (unpaired) electrons. The van der Waals surface area contributed by atoms with Crippen LogP contribution in [0.25, 0.3) is 0 Å². The standard InChI is InChI=1S/C12H16N4O4/c1-6(18)5-16-11-9(20-10(13)12(16)19)8(3-4-17)14-7(2)15-11/h10,17H,3-5,13H2,1-2H3. The number of Topliss-reactive ketones (excluding diaryl/α,β-unsaturated/α-hetero) is 1. The van der Waals surface area contributed by atoms with Crippen LogP contribution >= 0.6 is 0 Å². The number of nitrogens with two attached hydrogens (primary N) is 1. The Hall–Kier alpha value is -2.06. The van der Waals surface area contributed by atoms with Crippen LogP contribution in [0.2, 0.25) is 0 Å². The molecule has 20 heavy (non-hydrogen) atoms. The molecule has 108 valence electrons. The normalized spacial score (nSPS) is 17.7. The van der Waals surface area contributed by atoms with E-state index in [0.29, 0.717) is 11.5 Å². The number of aromatic nitrogens is 2. The highest BCUT2D eigenvalue weighted by Gasteiger charge is 2.36. The van der Waals surface area contributed by atoms with E-state index in [4.69, 9.17) is 15.6 Å². The van der Waals surface area contributed by atoms with Crippen LogP contribution < -0.4 is 15.4 Å². The number of ether oxygens (including phenoxy) is 1. The number of nitrogens with zero attached hydrogens (tertiary/aromatic N) is 3. The molecule has 1 aromatic rings. The second-order valence-electron chi connectivity index (χ2n) is 4.51. The number of hydrogen-bond acceptors (Lipinski definition) is 7. The molecule has 1 atom stereocenters. The maximum Gasteiger partial charge on any atom is 0.285 e. The molecule has 0 spiro atoms. The predicted molar refractivity (Wildman–Crippen MR) is 69.2 cm³/mol. The van der Waals surface area contributed by atoms with Crippen LogP contribution in [0.3, 0.4) is 0 Å². The predicted octanol–water partition coefficient (Wildman–Crippen LogP) is -1.08. The van der Waals surface area contributed by atoms with Crippen molar-refractivity contribution in [2.75, 3.05) is 18.1 Å². The summed E-state index contributed by atoms with van der Waals surface area (Å²) in [6.45, 7) is 2.78. The van der Waals surface area contributed by atoms with E-state index in [0.717, 1.165) is 0 Å². The Bertz CT molecular complexity index is 561. The van der Waals surface area contributed by atoms with E-state index < -0.39 is 12.1 Å². The van der Waals surface area contributed by atoms with Crippen molar-refractivity contribution in [3.05, 3.63) is 11.5 Å². The zero-order chi connectivity index (χ0) is 14.9. The minimum absolute atomic E-state index is 0.123. The summed E-state index contributed by atoms with van der Waals surface area (Å²) < 4.78 is 5.33. The second kappa shape index (κ2) is 5.51. The lowest BCUT2D eigenvalue weighted by Crippen LogP contribution is -2.52. The van der Waals surface area contributed by atoms with Crippen molar-refractivity contribution in [3.63, 3.8) is 0 Å². The Morgan fingerprint density at radius 2 is 2.20 bits per heavy atom. The number of carbonyl (C=O) groups excluding carboxylic acids is 2. The quantitative estimate of drug-likeness (QED) is 0.720. The lowest BCUT2D eigenvalue weighted by Gasteiger charge is -2.32. The van der Waals surface area contributed by atoms with Gasteiger partial charge in [0.15, 0.2) is 11.6 Å². The van der Waals surface area contributed by atoms with Crippen LogP contribution in [-0.4, -0.2) is 46.1 Å². The number of fused-ring (bicyclic) bond motifs is 1. The van der Waals surface area contributed by atoms with Gasteiger partial charge in [-0.1, -0.05) is 0 Å². The van der Waals surface area contributed by atoms with Gasteiger partial charge >= 0.3 is 0 Å². The smallest absolute Gasteiger partial charge is 0.285 e. The molecular weight excluding hydrogens is 264 g/mol. The third-order valence-electron chi connectivity index (χ3n) is 2.77. The molecule has 1 unspecified atom stereocenters. The summed E-state index contributed by atoms with van der Waals surface area (Å²) >= 11 is 0. The summed E-state index contributed by atoms with van der Waals surface area (Å²) in [6, 6.07) is 0. The minimum atomic E-state index is -1.20. The number of aliphatic hydroxyl groups is 1. The molecule has 1 aliphatic heterocycles. The van der Waals surface area contributed by atoms with Gasteiger partial charge in [0.1, 0.15) is 11.6 Å². The Labute approximate surface area is 115 Å². The van der Waals surface area contributed by atoms with Crippen LogP contribution in [0.15, 0.2) is 0 Å². The zero-order valence-electron chi connectivity index (χ0n) is 11.3. The van der Waals surface area contributed by atoms with E-state index in [-0.39, 0.29) is 36.9 Å². The van der Waals surface area contributed by atoms with Gasteiger partial charge in [-0.25, -0.2) is 9.97 Å². The number of anilines is 1. The molecule has 0 saturated heterocycles. The lowest BCUT2D eigenvalue weighted by atomic mass is 10.2. The van der Waals surface area contributed by atoms with E-state index in [1.165, 1.54) is 11.8 Å². The first-order valence-corrected chi connectivity index (χ1v) is 6.15. The summed E-state index contributed by atoms with van der Waals surface area (Å²) in [5.41, 5.74) is 6.08. The molecule has 1 aliphatic rings. The van der Waals surface area contributed by atoms with Crippen LogP contribution in [-0.2, 0) is 16.0 Å². The third-order valence-corrected chi connectivity index (χ3v) is 2.77. The minimum Gasteiger partial charge on any atom is -0.460 e. The number of ketones is 1. The molecule has 1 aromatic heterocycles. The molecule has 3 N–H and O–H groups in total. The van der Waals surface area contributed by atoms with Gasteiger partial charge in [-0.05, 0) is 13.8 Å². The molecule has 8 heteroatoms. The highest BCUT2D eigenvalue weighted by atomic mass is 16.5. The zero-order valence-corrected chi connectivity index (χ0v) is 11.3. The summed E-state index contributed by atoms with van der Waals surface area (Å²) in [5, 5.41) is 9.06. The number of amides is 1. The average molecular weight is 280 g/mol. The Morgan fingerprint density at radius 3 is 2.80 bits per heavy atom. The third kappa shape index (κ3) is 2.61. The first-order chi connectivity index (χ1) is 9.43. The van der Waals surface area contributed by atoms with Crippen molar-refractivity contribution in [1.82, 2.24) is 9.97 Å². The molecule has 0 aromatic carbocycles.